The molecule has 0 fully saturated rings. The van der Waals surface area contributed by atoms with Gasteiger partial charge in [-0.1, -0.05) is 66.7 Å². The van der Waals surface area contributed by atoms with E-state index in [4.69, 9.17) is 4.98 Å². The lowest BCUT2D eigenvalue weighted by molar-refractivity contribution is 0.677. The summed E-state index contributed by atoms with van der Waals surface area (Å²) in [6, 6.07) is 32.1. The number of anilines is 1. The highest BCUT2D eigenvalue weighted by atomic mass is 15.0. The number of nitrogens with one attached hydrogen (secondary N) is 2. The first-order valence-electron chi connectivity index (χ1n) is 12.8. The molecule has 5 heteroatoms. The standard InChI is InChI=1S/C32H27N5/c1-2-9-22(10-3-1)11-8-18-37-29-15-7-5-13-25(29)27-19-23(34-21-30(27)37)20-35-32-31-26(16-17-33-32)24-12-4-6-14-28(24)36-31/h1-7,9-10,12-17,19,21,36H,8,11,18,20H2,(H,33,35). The number of aromatic nitrogens is 4. The van der Waals surface area contributed by atoms with Crippen molar-refractivity contribution >= 4 is 49.4 Å². The Morgan fingerprint density at radius 1 is 0.730 bits per heavy atom. The van der Waals surface area contributed by atoms with E-state index in [-0.39, 0.29) is 0 Å². The molecule has 7 rings (SSSR count). The topological polar surface area (TPSA) is 58.5 Å². The van der Waals surface area contributed by atoms with Crippen LogP contribution in [0.2, 0.25) is 0 Å². The van der Waals surface area contributed by atoms with Crippen LogP contribution in [-0.2, 0) is 19.5 Å². The fraction of sp³-hybridized carbons (Fsp3) is 0.125. The van der Waals surface area contributed by atoms with E-state index in [1.165, 1.54) is 38.1 Å². The minimum atomic E-state index is 0.602. The molecule has 3 aromatic carbocycles. The number of aromatic amines is 1. The van der Waals surface area contributed by atoms with Crippen molar-refractivity contribution in [2.24, 2.45) is 0 Å². The van der Waals surface area contributed by atoms with Crippen molar-refractivity contribution < 1.29 is 0 Å². The molecular weight excluding hydrogens is 454 g/mol. The van der Waals surface area contributed by atoms with Gasteiger partial charge in [0.05, 0.1) is 29.5 Å². The number of pyridine rings is 2. The summed E-state index contributed by atoms with van der Waals surface area (Å²) in [6.07, 6.45) is 6.05. The third kappa shape index (κ3) is 3.89. The zero-order valence-corrected chi connectivity index (χ0v) is 20.5. The van der Waals surface area contributed by atoms with Crippen molar-refractivity contribution in [2.75, 3.05) is 5.32 Å². The van der Waals surface area contributed by atoms with E-state index in [1.807, 2.05) is 12.4 Å². The number of para-hydroxylation sites is 2. The SMILES string of the molecule is c1ccc(CCCn2c3ccccc3c3cc(CNc4nccc5c4[nH]c4ccccc45)ncc32)cc1. The highest BCUT2D eigenvalue weighted by molar-refractivity contribution is 6.10. The summed E-state index contributed by atoms with van der Waals surface area (Å²) in [5.74, 6) is 0.846. The van der Waals surface area contributed by atoms with Gasteiger partial charge in [-0.3, -0.25) is 4.98 Å². The van der Waals surface area contributed by atoms with Crippen LogP contribution in [0.5, 0.6) is 0 Å². The first-order valence-corrected chi connectivity index (χ1v) is 12.8. The van der Waals surface area contributed by atoms with Gasteiger partial charge in [0.2, 0.25) is 0 Å². The Bertz CT molecular complexity index is 1860. The molecular formula is C32H27N5. The van der Waals surface area contributed by atoms with Crippen LogP contribution in [0.1, 0.15) is 17.7 Å². The molecule has 0 spiro atoms. The van der Waals surface area contributed by atoms with Crippen molar-refractivity contribution in [3.63, 3.8) is 0 Å². The highest BCUT2D eigenvalue weighted by Crippen LogP contribution is 2.31. The van der Waals surface area contributed by atoms with Gasteiger partial charge in [0.1, 0.15) is 0 Å². The van der Waals surface area contributed by atoms with Gasteiger partial charge in [-0.25, -0.2) is 4.98 Å². The molecule has 0 aliphatic carbocycles. The van der Waals surface area contributed by atoms with Gasteiger partial charge in [-0.2, -0.15) is 0 Å². The van der Waals surface area contributed by atoms with Crippen molar-refractivity contribution in [3.05, 3.63) is 115 Å². The number of hydrogen-bond donors (Lipinski definition) is 2. The molecule has 0 atom stereocenters. The Hall–Kier alpha value is -4.64. The first-order chi connectivity index (χ1) is 18.3. The minimum Gasteiger partial charge on any atom is -0.363 e. The smallest absolute Gasteiger partial charge is 0.150 e. The molecule has 7 aromatic rings. The maximum absolute atomic E-state index is 4.85. The predicted molar refractivity (Wildman–Crippen MR) is 153 cm³/mol. The lowest BCUT2D eigenvalue weighted by Gasteiger charge is -2.09. The second kappa shape index (κ2) is 9.10. The van der Waals surface area contributed by atoms with Gasteiger partial charge >= 0.3 is 0 Å². The molecule has 0 unspecified atom stereocenters. The number of aryl methyl sites for hydroxylation is 2. The quantitative estimate of drug-likeness (QED) is 0.248. The van der Waals surface area contributed by atoms with Crippen LogP contribution < -0.4 is 5.32 Å². The Labute approximate surface area is 214 Å². The van der Waals surface area contributed by atoms with Crippen LogP contribution in [0, 0.1) is 0 Å². The number of hydrogen-bond acceptors (Lipinski definition) is 3. The van der Waals surface area contributed by atoms with Crippen LogP contribution in [0.15, 0.2) is 103 Å². The lowest BCUT2D eigenvalue weighted by Crippen LogP contribution is -2.04. The van der Waals surface area contributed by atoms with Gasteiger partial charge in [0, 0.05) is 45.3 Å². The van der Waals surface area contributed by atoms with E-state index in [1.54, 1.807) is 0 Å². The second-order valence-electron chi connectivity index (χ2n) is 9.56. The van der Waals surface area contributed by atoms with Crippen molar-refractivity contribution in [3.8, 4) is 0 Å². The van der Waals surface area contributed by atoms with Gasteiger partial charge in [0.25, 0.3) is 0 Å². The molecule has 5 nitrogen and oxygen atoms in total. The highest BCUT2D eigenvalue weighted by Gasteiger charge is 2.13. The van der Waals surface area contributed by atoms with E-state index in [0.717, 1.165) is 41.9 Å². The Morgan fingerprint density at radius 2 is 1.54 bits per heavy atom. The molecule has 0 saturated carbocycles. The Morgan fingerprint density at radius 3 is 2.46 bits per heavy atom. The molecule has 0 saturated heterocycles. The predicted octanol–water partition coefficient (Wildman–Crippen LogP) is 7.46. The molecule has 0 bridgehead atoms. The zero-order chi connectivity index (χ0) is 24.6. The van der Waals surface area contributed by atoms with Crippen LogP contribution in [0.3, 0.4) is 0 Å². The summed E-state index contributed by atoms with van der Waals surface area (Å²) < 4.78 is 2.42. The third-order valence-electron chi connectivity index (χ3n) is 7.27. The minimum absolute atomic E-state index is 0.602. The summed E-state index contributed by atoms with van der Waals surface area (Å²) >= 11 is 0. The number of rotatable bonds is 7. The van der Waals surface area contributed by atoms with E-state index in [0.29, 0.717) is 6.54 Å². The molecule has 2 N–H and O–H groups in total. The summed E-state index contributed by atoms with van der Waals surface area (Å²) in [5.41, 5.74) is 6.98. The van der Waals surface area contributed by atoms with E-state index >= 15 is 0 Å². The van der Waals surface area contributed by atoms with E-state index in [2.05, 4.69) is 111 Å². The molecule has 4 heterocycles. The molecule has 0 aliphatic heterocycles. The lowest BCUT2D eigenvalue weighted by atomic mass is 10.1. The number of nitrogens with zero attached hydrogens (tertiary/aromatic N) is 3. The molecule has 0 radical (unpaired) electrons. The Kier molecular flexibility index (Phi) is 5.32. The van der Waals surface area contributed by atoms with Gasteiger partial charge < -0.3 is 14.9 Å². The molecule has 37 heavy (non-hydrogen) atoms. The molecule has 0 aliphatic rings. The van der Waals surface area contributed by atoms with E-state index in [9.17, 15) is 0 Å². The monoisotopic (exact) mass is 481 g/mol. The number of fused-ring (bicyclic) bond motifs is 6. The Balaban J connectivity index is 1.18. The maximum Gasteiger partial charge on any atom is 0.150 e. The summed E-state index contributed by atoms with van der Waals surface area (Å²) in [6.45, 7) is 1.56. The average molecular weight is 482 g/mol. The summed E-state index contributed by atoms with van der Waals surface area (Å²) in [4.78, 5) is 13.0. The summed E-state index contributed by atoms with van der Waals surface area (Å²) in [5, 5.41) is 8.44. The average Bonchev–Trinajstić information content (AvgIpc) is 3.49. The largest absolute Gasteiger partial charge is 0.363 e. The first kappa shape index (κ1) is 21.6. The number of benzene rings is 3. The van der Waals surface area contributed by atoms with Gasteiger partial charge in [-0.05, 0) is 42.7 Å². The fourth-order valence-electron chi connectivity index (χ4n) is 5.50. The second-order valence-corrected chi connectivity index (χ2v) is 9.56. The normalized spacial score (nSPS) is 11.7. The van der Waals surface area contributed by atoms with Crippen molar-refractivity contribution in [2.45, 2.75) is 25.9 Å². The van der Waals surface area contributed by atoms with Crippen LogP contribution in [-0.4, -0.2) is 19.5 Å². The third-order valence-corrected chi connectivity index (χ3v) is 7.27. The van der Waals surface area contributed by atoms with Crippen LogP contribution in [0.25, 0.3) is 43.6 Å². The fourth-order valence-corrected chi connectivity index (χ4v) is 5.50. The maximum atomic E-state index is 4.85. The van der Waals surface area contributed by atoms with Gasteiger partial charge in [0.15, 0.2) is 5.82 Å². The molecule has 4 aromatic heterocycles. The van der Waals surface area contributed by atoms with Crippen molar-refractivity contribution in [1.82, 2.24) is 19.5 Å². The van der Waals surface area contributed by atoms with E-state index < -0.39 is 0 Å². The van der Waals surface area contributed by atoms with Crippen LogP contribution >= 0.6 is 0 Å². The number of H-pyrrole nitrogens is 1. The summed E-state index contributed by atoms with van der Waals surface area (Å²) in [7, 11) is 0. The van der Waals surface area contributed by atoms with Crippen molar-refractivity contribution in [1.29, 1.82) is 0 Å². The zero-order valence-electron chi connectivity index (χ0n) is 20.5. The molecule has 0 amide bonds. The van der Waals surface area contributed by atoms with Gasteiger partial charge in [-0.15, -0.1) is 0 Å². The molecule has 180 valence electrons. The van der Waals surface area contributed by atoms with Crippen LogP contribution in [0.4, 0.5) is 5.82 Å².